The molecule has 0 atom stereocenters. The van der Waals surface area contributed by atoms with Crippen LogP contribution in [0.1, 0.15) is 16.7 Å². The van der Waals surface area contributed by atoms with E-state index in [0.29, 0.717) is 0 Å². The molecule has 10 rings (SSSR count). The van der Waals surface area contributed by atoms with Crippen molar-refractivity contribution in [1.82, 2.24) is 9.66 Å². The first-order valence-corrected chi connectivity index (χ1v) is 16.2. The quantitative estimate of drug-likeness (QED) is 0.194. The van der Waals surface area contributed by atoms with Crippen molar-refractivity contribution in [1.29, 1.82) is 0 Å². The Bertz CT molecular complexity index is 2790. The van der Waals surface area contributed by atoms with Crippen LogP contribution < -0.4 is 5.84 Å². The molecule has 6 aromatic carbocycles. The van der Waals surface area contributed by atoms with Crippen molar-refractivity contribution in [3.05, 3.63) is 120 Å². The van der Waals surface area contributed by atoms with E-state index in [4.69, 9.17) is 5.84 Å². The van der Waals surface area contributed by atoms with Crippen LogP contribution in [-0.2, 0) is 6.42 Å². The fraction of sp³-hybridized carbons (Fsp3) is 0.0526. The topological polar surface area (TPSA) is 46.7 Å². The molecule has 0 saturated heterocycles. The van der Waals surface area contributed by atoms with E-state index in [1.165, 1.54) is 89.6 Å². The SMILES string of the molecule is Cc1ccc2[nH]c3cc4c(cc3c2c1)sc1cc(Cc2ccc3c(c2)c2c5sc6ccccc6c5ccc2n3N)ccc14. The van der Waals surface area contributed by atoms with Gasteiger partial charge in [0.05, 0.1) is 11.0 Å². The molecule has 0 aliphatic carbocycles. The molecule has 0 amide bonds. The maximum Gasteiger partial charge on any atom is 0.0718 e. The van der Waals surface area contributed by atoms with E-state index in [-0.39, 0.29) is 0 Å². The lowest BCUT2D eigenvalue weighted by molar-refractivity contribution is 1.12. The molecule has 0 aliphatic rings. The summed E-state index contributed by atoms with van der Waals surface area (Å²) >= 11 is 3.76. The van der Waals surface area contributed by atoms with E-state index in [1.807, 2.05) is 27.3 Å². The fourth-order valence-electron chi connectivity index (χ4n) is 7.15. The van der Waals surface area contributed by atoms with Crippen molar-refractivity contribution in [3.8, 4) is 0 Å². The lowest BCUT2D eigenvalue weighted by Crippen LogP contribution is -2.06. The number of thiophene rings is 2. The summed E-state index contributed by atoms with van der Waals surface area (Å²) < 4.78 is 7.17. The first-order valence-electron chi connectivity index (χ1n) is 14.6. The van der Waals surface area contributed by atoms with Gasteiger partial charge in [0.25, 0.3) is 0 Å². The van der Waals surface area contributed by atoms with Crippen LogP contribution in [-0.4, -0.2) is 9.66 Å². The number of nitrogen functional groups attached to an aromatic ring is 1. The van der Waals surface area contributed by atoms with Crippen LogP contribution in [0.5, 0.6) is 0 Å². The molecule has 0 spiro atoms. The fourth-order valence-corrected chi connectivity index (χ4v) is 9.60. The molecule has 0 saturated carbocycles. The van der Waals surface area contributed by atoms with Crippen molar-refractivity contribution >= 4 is 107 Å². The summed E-state index contributed by atoms with van der Waals surface area (Å²) in [6.45, 7) is 2.16. The van der Waals surface area contributed by atoms with Gasteiger partial charge in [-0.15, -0.1) is 22.7 Å². The number of nitrogens with two attached hydrogens (primary N) is 1. The summed E-state index contributed by atoms with van der Waals surface area (Å²) in [6, 6.07) is 38.2. The number of aromatic nitrogens is 2. The van der Waals surface area contributed by atoms with Gasteiger partial charge in [0, 0.05) is 72.9 Å². The van der Waals surface area contributed by atoms with E-state index < -0.39 is 0 Å². The van der Waals surface area contributed by atoms with Crippen molar-refractivity contribution in [2.24, 2.45) is 0 Å². The van der Waals surface area contributed by atoms with Crippen molar-refractivity contribution in [2.45, 2.75) is 13.3 Å². The van der Waals surface area contributed by atoms with Crippen LogP contribution >= 0.6 is 22.7 Å². The zero-order chi connectivity index (χ0) is 28.4. The van der Waals surface area contributed by atoms with Gasteiger partial charge in [-0.05, 0) is 79.1 Å². The van der Waals surface area contributed by atoms with Gasteiger partial charge in [0.15, 0.2) is 0 Å². The Morgan fingerprint density at radius 1 is 0.581 bits per heavy atom. The number of rotatable bonds is 2. The largest absolute Gasteiger partial charge is 0.354 e. The van der Waals surface area contributed by atoms with Crippen LogP contribution in [0.3, 0.4) is 0 Å². The second-order valence-corrected chi connectivity index (χ2v) is 14.0. The van der Waals surface area contributed by atoms with E-state index in [0.717, 1.165) is 17.5 Å². The lowest BCUT2D eigenvalue weighted by atomic mass is 10.0. The third-order valence-corrected chi connectivity index (χ3v) is 11.5. The van der Waals surface area contributed by atoms with Crippen LogP contribution in [0, 0.1) is 6.92 Å². The molecule has 4 aromatic heterocycles. The maximum atomic E-state index is 6.65. The van der Waals surface area contributed by atoms with E-state index in [2.05, 4.69) is 115 Å². The summed E-state index contributed by atoms with van der Waals surface area (Å²) in [4.78, 5) is 3.64. The molecule has 43 heavy (non-hydrogen) atoms. The van der Waals surface area contributed by atoms with Crippen molar-refractivity contribution in [2.75, 3.05) is 5.84 Å². The molecule has 0 aliphatic heterocycles. The van der Waals surface area contributed by atoms with Gasteiger partial charge in [0.1, 0.15) is 0 Å². The van der Waals surface area contributed by atoms with Gasteiger partial charge in [0.2, 0.25) is 0 Å². The molecule has 3 N–H and O–H groups in total. The highest BCUT2D eigenvalue weighted by atomic mass is 32.1. The highest BCUT2D eigenvalue weighted by molar-refractivity contribution is 7.27. The minimum atomic E-state index is 0.879. The predicted octanol–water partition coefficient (Wildman–Crippen LogP) is 10.8. The number of aromatic amines is 1. The number of nitrogens with one attached hydrogen (secondary N) is 1. The second-order valence-electron chi connectivity index (χ2n) is 11.8. The van der Waals surface area contributed by atoms with Crippen molar-refractivity contribution < 1.29 is 0 Å². The number of benzene rings is 6. The summed E-state index contributed by atoms with van der Waals surface area (Å²) in [5.41, 5.74) is 8.48. The molecule has 0 fully saturated rings. The van der Waals surface area contributed by atoms with E-state index in [9.17, 15) is 0 Å². The summed E-state index contributed by atoms with van der Waals surface area (Å²) in [6.07, 6.45) is 0.879. The van der Waals surface area contributed by atoms with Gasteiger partial charge in [-0.25, -0.2) is 0 Å². The number of nitrogens with zero attached hydrogens (tertiary/aromatic N) is 1. The highest BCUT2D eigenvalue weighted by Crippen LogP contribution is 2.43. The van der Waals surface area contributed by atoms with Crippen LogP contribution in [0.15, 0.2) is 103 Å². The average molecular weight is 588 g/mol. The predicted molar refractivity (Wildman–Crippen MR) is 189 cm³/mol. The van der Waals surface area contributed by atoms with Crippen LogP contribution in [0.25, 0.3) is 84.0 Å². The first-order chi connectivity index (χ1) is 21.1. The Morgan fingerprint density at radius 2 is 1.35 bits per heavy atom. The van der Waals surface area contributed by atoms with Crippen molar-refractivity contribution in [3.63, 3.8) is 0 Å². The van der Waals surface area contributed by atoms with Gasteiger partial charge in [-0.3, -0.25) is 4.68 Å². The number of hydrogen-bond donors (Lipinski definition) is 2. The Labute approximate surface area is 254 Å². The Kier molecular flexibility index (Phi) is 4.62. The Hall–Kier alpha value is -4.84. The lowest BCUT2D eigenvalue weighted by Gasteiger charge is -2.04. The molecule has 0 radical (unpaired) electrons. The molecule has 3 nitrogen and oxygen atoms in total. The minimum Gasteiger partial charge on any atom is -0.354 e. The summed E-state index contributed by atoms with van der Waals surface area (Å²) in [7, 11) is 0. The van der Waals surface area contributed by atoms with Gasteiger partial charge in [-0.2, -0.15) is 0 Å². The third-order valence-electron chi connectivity index (χ3n) is 9.19. The molecule has 5 heteroatoms. The molecule has 0 unspecified atom stereocenters. The van der Waals surface area contributed by atoms with E-state index in [1.54, 1.807) is 0 Å². The molecular formula is C38H25N3S2. The average Bonchev–Trinajstić information content (AvgIpc) is 3.75. The molecular weight excluding hydrogens is 563 g/mol. The second kappa shape index (κ2) is 8.38. The minimum absolute atomic E-state index is 0.879. The smallest absolute Gasteiger partial charge is 0.0718 e. The monoisotopic (exact) mass is 587 g/mol. The van der Waals surface area contributed by atoms with E-state index >= 15 is 0 Å². The molecule has 4 heterocycles. The molecule has 204 valence electrons. The maximum absolute atomic E-state index is 6.65. The summed E-state index contributed by atoms with van der Waals surface area (Å²) in [5.74, 6) is 6.65. The highest BCUT2D eigenvalue weighted by Gasteiger charge is 2.16. The number of hydrogen-bond acceptors (Lipinski definition) is 3. The normalized spacial score (nSPS) is 12.5. The molecule has 10 aromatic rings. The van der Waals surface area contributed by atoms with Crippen LogP contribution in [0.2, 0.25) is 0 Å². The van der Waals surface area contributed by atoms with Gasteiger partial charge in [-0.1, -0.05) is 54.1 Å². The summed E-state index contributed by atoms with van der Waals surface area (Å²) in [5, 5.41) is 10.4. The Morgan fingerprint density at radius 3 is 2.30 bits per heavy atom. The van der Waals surface area contributed by atoms with Crippen LogP contribution in [0.4, 0.5) is 0 Å². The first kappa shape index (κ1) is 23.7. The zero-order valence-electron chi connectivity index (χ0n) is 23.4. The number of H-pyrrole nitrogens is 1. The number of aryl methyl sites for hydroxylation is 1. The molecule has 0 bridgehead atoms. The van der Waals surface area contributed by atoms with Gasteiger partial charge >= 0.3 is 0 Å². The Balaban J connectivity index is 1.10. The number of fused-ring (bicyclic) bond motifs is 13. The van der Waals surface area contributed by atoms with Gasteiger partial charge < -0.3 is 10.8 Å². The third kappa shape index (κ3) is 3.29. The zero-order valence-corrected chi connectivity index (χ0v) is 25.0. The standard InChI is InChI=1S/C38H25N3S2/c1-20-6-11-30-26(14-20)27-19-36-28(18-31(27)40-30)24-9-7-22(17-35(24)42-36)15-21-8-12-32-29(16-21)37-33(41(32)39)13-10-25-23-4-2-3-5-34(23)43-38(25)37/h2-14,16-19,40H,15,39H2,1H3.